The van der Waals surface area contributed by atoms with Gasteiger partial charge in [-0.3, -0.25) is 4.79 Å². The molecular weight excluding hydrogens is 370 g/mol. The minimum Gasteiger partial charge on any atom is -0.348 e. The lowest BCUT2D eigenvalue weighted by molar-refractivity contribution is 0.102. The van der Waals surface area contributed by atoms with E-state index in [9.17, 15) is 4.79 Å². The monoisotopic (exact) mass is 389 g/mol. The van der Waals surface area contributed by atoms with Gasteiger partial charge in [0.15, 0.2) is 5.78 Å². The van der Waals surface area contributed by atoms with Crippen LogP contribution in [0.1, 0.15) is 35.1 Å². The van der Waals surface area contributed by atoms with Crippen LogP contribution in [0, 0.1) is 13.8 Å². The predicted molar refractivity (Wildman–Crippen MR) is 103 cm³/mol. The fourth-order valence-electron chi connectivity index (χ4n) is 2.87. The van der Waals surface area contributed by atoms with Crippen LogP contribution in [0.4, 0.5) is 0 Å². The second-order valence-corrected chi connectivity index (χ2v) is 7.38. The van der Waals surface area contributed by atoms with Crippen LogP contribution >= 0.6 is 23.4 Å². The molecule has 6 nitrogen and oxygen atoms in total. The lowest BCUT2D eigenvalue weighted by Crippen LogP contribution is -2.07. The summed E-state index contributed by atoms with van der Waals surface area (Å²) in [5, 5.41) is 13.0. The van der Waals surface area contributed by atoms with Gasteiger partial charge < -0.3 is 4.57 Å². The highest BCUT2D eigenvalue weighted by Crippen LogP contribution is 2.23. The van der Waals surface area contributed by atoms with Crippen molar-refractivity contribution in [3.63, 3.8) is 0 Å². The Morgan fingerprint density at radius 3 is 2.65 bits per heavy atom. The minimum absolute atomic E-state index is 0.0797. The quantitative estimate of drug-likeness (QED) is 0.449. The van der Waals surface area contributed by atoms with E-state index in [-0.39, 0.29) is 11.5 Å². The second kappa shape index (κ2) is 8.05. The number of carbonyl (C=O) groups excluding carboxylic acids is 1. The zero-order valence-corrected chi connectivity index (χ0v) is 16.5. The molecule has 0 saturated heterocycles. The Bertz CT molecular complexity index is 916. The summed E-state index contributed by atoms with van der Waals surface area (Å²) in [4.78, 5) is 12.7. The second-order valence-electron chi connectivity index (χ2n) is 6.00. The van der Waals surface area contributed by atoms with Gasteiger partial charge in [-0.15, -0.1) is 5.10 Å². The number of Topliss-reactive ketones (excluding diaryl/α,β-unsaturated/α-hetero) is 1. The zero-order chi connectivity index (χ0) is 18.7. The predicted octanol–water partition coefficient (Wildman–Crippen LogP) is 4.12. The lowest BCUT2D eigenvalue weighted by Gasteiger charge is -2.07. The van der Waals surface area contributed by atoms with Gasteiger partial charge in [-0.2, -0.15) is 4.68 Å². The number of ketones is 1. The molecule has 1 aromatic carbocycles. The summed E-state index contributed by atoms with van der Waals surface area (Å²) in [5.74, 6) is 0.362. The molecule has 0 spiro atoms. The molecule has 136 valence electrons. The molecular formula is C18H20ClN5OS. The van der Waals surface area contributed by atoms with Crippen molar-refractivity contribution in [1.29, 1.82) is 0 Å². The van der Waals surface area contributed by atoms with Crippen molar-refractivity contribution in [2.24, 2.45) is 0 Å². The van der Waals surface area contributed by atoms with E-state index in [2.05, 4.69) is 27.0 Å². The molecule has 0 atom stereocenters. The largest absolute Gasteiger partial charge is 0.348 e. The number of nitrogens with zero attached hydrogens (tertiary/aromatic N) is 5. The number of hydrogen-bond acceptors (Lipinski definition) is 5. The van der Waals surface area contributed by atoms with Crippen molar-refractivity contribution in [1.82, 2.24) is 24.8 Å². The normalized spacial score (nSPS) is 11.1. The van der Waals surface area contributed by atoms with E-state index in [1.54, 1.807) is 16.8 Å². The van der Waals surface area contributed by atoms with Crippen LogP contribution in [0.5, 0.6) is 0 Å². The van der Waals surface area contributed by atoms with E-state index in [1.807, 2.05) is 32.0 Å². The van der Waals surface area contributed by atoms with Gasteiger partial charge in [0.25, 0.3) is 0 Å². The molecule has 0 saturated carbocycles. The molecule has 2 heterocycles. The summed E-state index contributed by atoms with van der Waals surface area (Å²) in [7, 11) is 0. The van der Waals surface area contributed by atoms with Crippen molar-refractivity contribution in [2.45, 2.75) is 38.9 Å². The van der Waals surface area contributed by atoms with E-state index < -0.39 is 0 Å². The smallest absolute Gasteiger partial charge is 0.214 e. The van der Waals surface area contributed by atoms with Gasteiger partial charge in [0, 0.05) is 28.5 Å². The first-order chi connectivity index (χ1) is 12.5. The number of carbonyl (C=O) groups is 1. The summed E-state index contributed by atoms with van der Waals surface area (Å²) in [6.45, 7) is 7.09. The SMILES string of the molecule is CCCn1c(C)cc(C(=O)CSc2nnnn2-c2ccc(Cl)cc2)c1C. The number of halogens is 1. The van der Waals surface area contributed by atoms with Gasteiger partial charge in [-0.25, -0.2) is 0 Å². The number of tetrazole rings is 1. The van der Waals surface area contributed by atoms with Crippen LogP contribution in [-0.4, -0.2) is 36.3 Å². The topological polar surface area (TPSA) is 65.6 Å². The van der Waals surface area contributed by atoms with Crippen molar-refractivity contribution < 1.29 is 4.79 Å². The van der Waals surface area contributed by atoms with Crippen LogP contribution in [-0.2, 0) is 6.54 Å². The third kappa shape index (κ3) is 3.83. The summed E-state index contributed by atoms with van der Waals surface area (Å²) < 4.78 is 3.80. The first kappa shape index (κ1) is 18.7. The molecule has 3 aromatic rings. The maximum absolute atomic E-state index is 12.7. The van der Waals surface area contributed by atoms with E-state index >= 15 is 0 Å². The highest BCUT2D eigenvalue weighted by molar-refractivity contribution is 7.99. The average Bonchev–Trinajstić information content (AvgIpc) is 3.20. The van der Waals surface area contributed by atoms with Crippen molar-refractivity contribution >= 4 is 29.1 Å². The number of hydrogen-bond donors (Lipinski definition) is 0. The van der Waals surface area contributed by atoms with Gasteiger partial charge in [0.05, 0.1) is 11.4 Å². The molecule has 0 aliphatic rings. The Labute approximate surface area is 161 Å². The van der Waals surface area contributed by atoms with Crippen LogP contribution in [0.15, 0.2) is 35.5 Å². The van der Waals surface area contributed by atoms with Gasteiger partial charge in [-0.05, 0) is 61.0 Å². The maximum atomic E-state index is 12.7. The van der Waals surface area contributed by atoms with E-state index in [0.29, 0.717) is 10.2 Å². The first-order valence-corrected chi connectivity index (χ1v) is 9.74. The molecule has 0 amide bonds. The van der Waals surface area contributed by atoms with Crippen LogP contribution < -0.4 is 0 Å². The van der Waals surface area contributed by atoms with Crippen molar-refractivity contribution in [3.8, 4) is 5.69 Å². The van der Waals surface area contributed by atoms with Crippen molar-refractivity contribution in [2.75, 3.05) is 5.75 Å². The molecule has 3 rings (SSSR count). The Balaban J connectivity index is 1.74. The number of thioether (sulfide) groups is 1. The molecule has 0 N–H and O–H groups in total. The van der Waals surface area contributed by atoms with E-state index in [0.717, 1.165) is 35.6 Å². The van der Waals surface area contributed by atoms with Crippen LogP contribution in [0.25, 0.3) is 5.69 Å². The number of rotatable bonds is 7. The maximum Gasteiger partial charge on any atom is 0.214 e. The summed E-state index contributed by atoms with van der Waals surface area (Å²) in [6.07, 6.45) is 1.04. The molecule has 0 radical (unpaired) electrons. The van der Waals surface area contributed by atoms with E-state index in [1.165, 1.54) is 11.8 Å². The fourth-order valence-corrected chi connectivity index (χ4v) is 3.77. The third-order valence-electron chi connectivity index (χ3n) is 4.17. The Hall–Kier alpha value is -2.12. The molecule has 0 aliphatic heterocycles. The summed E-state index contributed by atoms with van der Waals surface area (Å²) in [6, 6.07) is 9.20. The molecule has 0 fully saturated rings. The average molecular weight is 390 g/mol. The molecule has 0 unspecified atom stereocenters. The highest BCUT2D eigenvalue weighted by Gasteiger charge is 2.17. The summed E-state index contributed by atoms with van der Waals surface area (Å²) >= 11 is 7.25. The fraction of sp³-hybridized carbons (Fsp3) is 0.333. The third-order valence-corrected chi connectivity index (χ3v) is 5.34. The number of aryl methyl sites for hydroxylation is 1. The Kier molecular flexibility index (Phi) is 5.78. The Morgan fingerprint density at radius 2 is 1.96 bits per heavy atom. The minimum atomic E-state index is 0.0797. The molecule has 26 heavy (non-hydrogen) atoms. The van der Waals surface area contributed by atoms with E-state index in [4.69, 9.17) is 11.6 Å². The molecule has 0 bridgehead atoms. The number of aromatic nitrogens is 5. The van der Waals surface area contributed by atoms with Crippen LogP contribution in [0.2, 0.25) is 5.02 Å². The standard InChI is InChI=1S/C18H20ClN5OS/c1-4-9-23-12(2)10-16(13(23)3)17(25)11-26-18-20-21-22-24(18)15-7-5-14(19)6-8-15/h5-8,10H,4,9,11H2,1-3H3. The lowest BCUT2D eigenvalue weighted by atomic mass is 10.2. The Morgan fingerprint density at radius 1 is 1.23 bits per heavy atom. The number of benzene rings is 1. The highest BCUT2D eigenvalue weighted by atomic mass is 35.5. The summed E-state index contributed by atoms with van der Waals surface area (Å²) in [5.41, 5.74) is 3.71. The van der Waals surface area contributed by atoms with Gasteiger partial charge in [0.1, 0.15) is 0 Å². The van der Waals surface area contributed by atoms with Crippen LogP contribution in [0.3, 0.4) is 0 Å². The molecule has 8 heteroatoms. The van der Waals surface area contributed by atoms with Crippen molar-refractivity contribution in [3.05, 3.63) is 52.3 Å². The van der Waals surface area contributed by atoms with Gasteiger partial charge in [-0.1, -0.05) is 30.3 Å². The zero-order valence-electron chi connectivity index (χ0n) is 14.9. The molecule has 2 aromatic heterocycles. The molecule has 0 aliphatic carbocycles. The van der Waals surface area contributed by atoms with Gasteiger partial charge >= 0.3 is 0 Å². The first-order valence-electron chi connectivity index (χ1n) is 8.38. The van der Waals surface area contributed by atoms with Gasteiger partial charge in [0.2, 0.25) is 5.16 Å².